The average molecular weight is 403 g/mol. The van der Waals surface area contributed by atoms with Crippen LogP contribution >= 0.6 is 0 Å². The average Bonchev–Trinajstić information content (AvgIpc) is 2.78. The van der Waals surface area contributed by atoms with Gasteiger partial charge >= 0.3 is 0 Å². The highest BCUT2D eigenvalue weighted by molar-refractivity contribution is 6.02. The molecule has 0 bridgehead atoms. The molecule has 1 aliphatic rings. The predicted molar refractivity (Wildman–Crippen MR) is 123 cm³/mol. The van der Waals surface area contributed by atoms with Gasteiger partial charge in [-0.2, -0.15) is 0 Å². The van der Waals surface area contributed by atoms with Crippen LogP contribution in [0.5, 0.6) is 5.75 Å². The number of amides is 1. The molecule has 0 spiro atoms. The van der Waals surface area contributed by atoms with Gasteiger partial charge in [-0.3, -0.25) is 4.79 Å². The van der Waals surface area contributed by atoms with E-state index >= 15 is 0 Å². The fourth-order valence-electron chi connectivity index (χ4n) is 4.24. The number of ether oxygens (including phenoxy) is 1. The molecular weight excluding hydrogens is 372 g/mol. The molecule has 0 radical (unpaired) electrons. The number of hydrogen-bond donors (Lipinski definition) is 1. The summed E-state index contributed by atoms with van der Waals surface area (Å²) in [6.07, 6.45) is 4.38. The van der Waals surface area contributed by atoms with Crippen molar-refractivity contribution in [2.75, 3.05) is 18.5 Å². The zero-order chi connectivity index (χ0) is 20.9. The van der Waals surface area contributed by atoms with Crippen LogP contribution in [0, 0.1) is 0 Å². The van der Waals surface area contributed by atoms with Gasteiger partial charge in [0, 0.05) is 17.8 Å². The van der Waals surface area contributed by atoms with Crippen LogP contribution in [0.3, 0.4) is 0 Å². The lowest BCUT2D eigenvalue weighted by Crippen LogP contribution is -2.43. The largest absolute Gasteiger partial charge is 0.493 e. The number of hydrogen-bond acceptors (Lipinski definition) is 3. The second kappa shape index (κ2) is 9.21. The van der Waals surface area contributed by atoms with E-state index < -0.39 is 0 Å². The third kappa shape index (κ3) is 3.87. The van der Waals surface area contributed by atoms with Crippen LogP contribution in [0.1, 0.15) is 61.6 Å². The molecule has 1 aliphatic heterocycles. The highest BCUT2D eigenvalue weighted by Crippen LogP contribution is 2.40. The van der Waals surface area contributed by atoms with E-state index in [-0.39, 0.29) is 12.1 Å². The van der Waals surface area contributed by atoms with Gasteiger partial charge in [-0.25, -0.2) is 0 Å². The minimum absolute atomic E-state index is 0.0543. The molecule has 3 aromatic rings. The summed E-state index contributed by atoms with van der Waals surface area (Å²) >= 11 is 0. The van der Waals surface area contributed by atoms with Crippen molar-refractivity contribution in [3.8, 4) is 5.75 Å². The molecule has 4 rings (SSSR count). The topological polar surface area (TPSA) is 41.6 Å². The summed E-state index contributed by atoms with van der Waals surface area (Å²) in [5.74, 6) is 0.909. The van der Waals surface area contributed by atoms with E-state index in [9.17, 15) is 4.79 Å². The number of anilines is 1. The molecule has 1 amide bonds. The highest BCUT2D eigenvalue weighted by atomic mass is 16.5. The van der Waals surface area contributed by atoms with E-state index in [2.05, 4.69) is 36.5 Å². The minimum atomic E-state index is -0.269. The van der Waals surface area contributed by atoms with E-state index in [0.29, 0.717) is 13.2 Å². The molecule has 0 saturated carbocycles. The molecule has 0 aromatic heterocycles. The highest BCUT2D eigenvalue weighted by Gasteiger charge is 2.34. The van der Waals surface area contributed by atoms with E-state index in [4.69, 9.17) is 4.74 Å². The molecule has 4 heteroatoms. The van der Waals surface area contributed by atoms with E-state index in [0.717, 1.165) is 39.8 Å². The van der Waals surface area contributed by atoms with Crippen molar-refractivity contribution in [3.63, 3.8) is 0 Å². The summed E-state index contributed by atoms with van der Waals surface area (Å²) in [5, 5.41) is 5.88. The van der Waals surface area contributed by atoms with E-state index in [1.54, 1.807) is 0 Å². The summed E-state index contributed by atoms with van der Waals surface area (Å²) in [7, 11) is 0. The van der Waals surface area contributed by atoms with Crippen LogP contribution in [0.4, 0.5) is 5.69 Å². The van der Waals surface area contributed by atoms with Crippen molar-refractivity contribution in [1.29, 1.82) is 0 Å². The fourth-order valence-corrected chi connectivity index (χ4v) is 4.24. The van der Waals surface area contributed by atoms with Gasteiger partial charge in [-0.1, -0.05) is 68.7 Å². The Labute approximate surface area is 178 Å². The van der Waals surface area contributed by atoms with Crippen molar-refractivity contribution >= 4 is 22.4 Å². The Morgan fingerprint density at radius 1 is 0.933 bits per heavy atom. The van der Waals surface area contributed by atoms with E-state index in [1.165, 1.54) is 19.3 Å². The number of unbranched alkanes of at least 4 members (excludes halogenated alkanes) is 3. The van der Waals surface area contributed by atoms with Crippen LogP contribution in [-0.4, -0.2) is 24.0 Å². The maximum absolute atomic E-state index is 13.3. The Bertz CT molecular complexity index is 1030. The minimum Gasteiger partial charge on any atom is -0.493 e. The van der Waals surface area contributed by atoms with Gasteiger partial charge in [0.1, 0.15) is 11.9 Å². The first kappa shape index (κ1) is 20.3. The van der Waals surface area contributed by atoms with Crippen LogP contribution in [0.15, 0.2) is 60.7 Å². The molecule has 4 nitrogen and oxygen atoms in total. The SMILES string of the molecule is CCCCCCOc1ccc2ccccc2c1C1Nc2ccccc2C(=O)N1CC. The summed E-state index contributed by atoms with van der Waals surface area (Å²) in [6.45, 7) is 5.54. The van der Waals surface area contributed by atoms with Crippen LogP contribution in [0.25, 0.3) is 10.8 Å². The zero-order valence-electron chi connectivity index (χ0n) is 17.9. The molecule has 0 fully saturated rings. The van der Waals surface area contributed by atoms with E-state index in [1.807, 2.05) is 48.2 Å². The third-order valence-electron chi connectivity index (χ3n) is 5.82. The summed E-state index contributed by atoms with van der Waals surface area (Å²) < 4.78 is 6.28. The molecule has 1 N–H and O–H groups in total. The number of benzene rings is 3. The van der Waals surface area contributed by atoms with Gasteiger partial charge < -0.3 is 15.0 Å². The normalized spacial score (nSPS) is 15.7. The smallest absolute Gasteiger partial charge is 0.257 e. The molecule has 30 heavy (non-hydrogen) atoms. The predicted octanol–water partition coefficient (Wildman–Crippen LogP) is 6.39. The van der Waals surface area contributed by atoms with Gasteiger partial charge in [-0.05, 0) is 42.3 Å². The number of carbonyl (C=O) groups excluding carboxylic acids is 1. The third-order valence-corrected chi connectivity index (χ3v) is 5.82. The number of nitrogens with zero attached hydrogens (tertiary/aromatic N) is 1. The van der Waals surface area contributed by atoms with Gasteiger partial charge in [0.2, 0.25) is 0 Å². The first-order valence-corrected chi connectivity index (χ1v) is 11.1. The van der Waals surface area contributed by atoms with Gasteiger partial charge in [0.25, 0.3) is 5.91 Å². The Kier molecular flexibility index (Phi) is 6.22. The van der Waals surface area contributed by atoms with Crippen LogP contribution < -0.4 is 10.1 Å². The zero-order valence-corrected chi connectivity index (χ0v) is 17.9. The monoisotopic (exact) mass is 402 g/mol. The molecule has 3 aromatic carbocycles. The maximum atomic E-state index is 13.3. The van der Waals surface area contributed by atoms with Gasteiger partial charge in [-0.15, -0.1) is 0 Å². The number of fused-ring (bicyclic) bond motifs is 2. The Hall–Kier alpha value is -3.01. The molecule has 1 atom stereocenters. The Morgan fingerprint density at radius 3 is 2.57 bits per heavy atom. The second-order valence-electron chi connectivity index (χ2n) is 7.79. The number of carbonyl (C=O) groups is 1. The number of rotatable bonds is 8. The van der Waals surface area contributed by atoms with Crippen molar-refractivity contribution < 1.29 is 9.53 Å². The maximum Gasteiger partial charge on any atom is 0.257 e. The molecule has 0 saturated heterocycles. The van der Waals surface area contributed by atoms with Crippen molar-refractivity contribution in [1.82, 2.24) is 4.90 Å². The molecule has 156 valence electrons. The second-order valence-corrected chi connectivity index (χ2v) is 7.79. The van der Waals surface area contributed by atoms with Crippen molar-refractivity contribution in [2.24, 2.45) is 0 Å². The molecule has 0 aliphatic carbocycles. The number of para-hydroxylation sites is 1. The first-order chi connectivity index (χ1) is 14.7. The summed E-state index contributed by atoms with van der Waals surface area (Å²) in [5.41, 5.74) is 2.63. The lowest BCUT2D eigenvalue weighted by molar-refractivity contribution is 0.0693. The van der Waals surface area contributed by atoms with Crippen molar-refractivity contribution in [3.05, 3.63) is 71.8 Å². The molecule has 1 unspecified atom stereocenters. The van der Waals surface area contributed by atoms with Gasteiger partial charge in [0.15, 0.2) is 0 Å². The lowest BCUT2D eigenvalue weighted by Gasteiger charge is -2.38. The molecule has 1 heterocycles. The molecular formula is C26H30N2O2. The lowest BCUT2D eigenvalue weighted by atomic mass is 9.97. The summed E-state index contributed by atoms with van der Waals surface area (Å²) in [6, 6.07) is 20.2. The standard InChI is InChI=1S/C26H30N2O2/c1-3-5-6-11-18-30-23-17-16-19-12-7-8-13-20(19)24(23)25-27-22-15-10-9-14-21(22)26(29)28(25)4-2/h7-10,12-17,25,27H,3-6,11,18H2,1-2H3. The van der Waals surface area contributed by atoms with Crippen molar-refractivity contribution in [2.45, 2.75) is 45.7 Å². The fraction of sp³-hybridized carbons (Fsp3) is 0.346. The summed E-state index contributed by atoms with van der Waals surface area (Å²) in [4.78, 5) is 15.2. The quantitative estimate of drug-likeness (QED) is 0.444. The Morgan fingerprint density at radius 2 is 1.73 bits per heavy atom. The Balaban J connectivity index is 1.76. The number of nitrogens with one attached hydrogen (secondary N) is 1. The van der Waals surface area contributed by atoms with Gasteiger partial charge in [0.05, 0.1) is 12.2 Å². The van der Waals surface area contributed by atoms with Crippen LogP contribution in [-0.2, 0) is 0 Å². The first-order valence-electron chi connectivity index (χ1n) is 11.1. The van der Waals surface area contributed by atoms with Crippen LogP contribution in [0.2, 0.25) is 0 Å².